The van der Waals surface area contributed by atoms with Crippen LogP contribution in [0.2, 0.25) is 0 Å². The number of hydrogen-bond acceptors (Lipinski definition) is 4. The van der Waals surface area contributed by atoms with Gasteiger partial charge in [-0.1, -0.05) is 35.4 Å². The van der Waals surface area contributed by atoms with Gasteiger partial charge in [0.05, 0.1) is 14.1 Å². The normalized spacial score (nSPS) is 11.5. The first-order valence-corrected chi connectivity index (χ1v) is 12.0. The minimum Gasteiger partial charge on any atom is -0.460 e. The first-order valence-electron chi connectivity index (χ1n) is 10.4. The van der Waals surface area contributed by atoms with E-state index >= 15 is 0 Å². The van der Waals surface area contributed by atoms with Gasteiger partial charge >= 0.3 is 5.97 Å². The van der Waals surface area contributed by atoms with E-state index < -0.39 is 19.5 Å². The van der Waals surface area contributed by atoms with Crippen LogP contribution in [0.5, 0.6) is 0 Å². The Labute approximate surface area is 187 Å². The lowest BCUT2D eigenvalue weighted by atomic mass is 10.0. The Morgan fingerprint density at radius 2 is 1.03 bits per heavy atom. The summed E-state index contributed by atoms with van der Waals surface area (Å²) in [6, 6.07) is 7.75. The summed E-state index contributed by atoms with van der Waals surface area (Å²) < 4.78 is 5.47. The van der Waals surface area contributed by atoms with Gasteiger partial charge in [-0.2, -0.15) is 0 Å². The summed E-state index contributed by atoms with van der Waals surface area (Å²) in [7, 11) is -1.96. The molecule has 166 valence electrons. The highest BCUT2D eigenvalue weighted by atomic mass is 31.1. The summed E-state index contributed by atoms with van der Waals surface area (Å²) in [6.45, 7) is 16.8. The van der Waals surface area contributed by atoms with E-state index in [1.54, 1.807) is 20.8 Å². The first-order chi connectivity index (χ1) is 14.2. The smallest absolute Gasteiger partial charge is 0.311 e. The Hall–Kier alpha value is -2.32. The molecular weight excluding hydrogens is 407 g/mol. The molecule has 5 heteroatoms. The molecule has 0 bridgehead atoms. The van der Waals surface area contributed by atoms with Crippen LogP contribution in [0, 0.1) is 41.5 Å². The van der Waals surface area contributed by atoms with Gasteiger partial charge in [0.25, 0.3) is 0 Å². The minimum atomic E-state index is -1.96. The third kappa shape index (κ3) is 6.11. The lowest BCUT2D eigenvalue weighted by Gasteiger charge is -2.23. The zero-order chi connectivity index (χ0) is 23.7. The molecule has 0 fully saturated rings. The quantitative estimate of drug-likeness (QED) is 0.388. The second kappa shape index (κ2) is 9.44. The molecule has 0 aliphatic carbocycles. The molecule has 2 aromatic rings. The summed E-state index contributed by atoms with van der Waals surface area (Å²) in [6.07, 6.45) is -0.218. The SMILES string of the molecule is Cc1cc(C)c(C(=O)P(CC(=O)OC(C)(C)C)C(=O)c2c(C)cc(C)cc2C)c(C)c1. The molecule has 0 aromatic heterocycles. The maximum Gasteiger partial charge on any atom is 0.311 e. The average molecular weight is 441 g/mol. The summed E-state index contributed by atoms with van der Waals surface area (Å²) in [5, 5.41) is 0. The average Bonchev–Trinajstić information content (AvgIpc) is 2.55. The molecule has 0 amide bonds. The van der Waals surface area contributed by atoms with E-state index in [9.17, 15) is 14.4 Å². The van der Waals surface area contributed by atoms with Gasteiger partial charge in [0.1, 0.15) is 5.60 Å². The van der Waals surface area contributed by atoms with Gasteiger partial charge in [-0.3, -0.25) is 14.4 Å². The van der Waals surface area contributed by atoms with Gasteiger partial charge < -0.3 is 4.74 Å². The number of esters is 1. The maximum absolute atomic E-state index is 13.7. The highest BCUT2D eigenvalue weighted by Crippen LogP contribution is 2.46. The second-order valence-corrected chi connectivity index (χ2v) is 11.3. The van der Waals surface area contributed by atoms with Crippen LogP contribution < -0.4 is 0 Å². The van der Waals surface area contributed by atoms with Crippen molar-refractivity contribution in [2.75, 3.05) is 6.16 Å². The molecule has 4 nitrogen and oxygen atoms in total. The molecule has 0 N–H and O–H groups in total. The zero-order valence-corrected chi connectivity index (χ0v) is 21.0. The summed E-state index contributed by atoms with van der Waals surface area (Å²) in [5.74, 6) is -0.523. The number of rotatable bonds is 6. The Kier molecular flexibility index (Phi) is 7.60. The summed E-state index contributed by atoms with van der Waals surface area (Å²) in [5.41, 5.74) is 5.27. The largest absolute Gasteiger partial charge is 0.460 e. The molecule has 0 radical (unpaired) electrons. The van der Waals surface area contributed by atoms with E-state index in [1.807, 2.05) is 65.8 Å². The topological polar surface area (TPSA) is 60.4 Å². The van der Waals surface area contributed by atoms with E-state index in [0.29, 0.717) is 11.1 Å². The van der Waals surface area contributed by atoms with E-state index in [-0.39, 0.29) is 17.2 Å². The molecule has 0 saturated heterocycles. The maximum atomic E-state index is 13.7. The van der Waals surface area contributed by atoms with Crippen LogP contribution in [0.25, 0.3) is 0 Å². The van der Waals surface area contributed by atoms with Crippen LogP contribution >= 0.6 is 7.92 Å². The predicted molar refractivity (Wildman–Crippen MR) is 128 cm³/mol. The highest BCUT2D eigenvalue weighted by Gasteiger charge is 2.35. The number of carbonyl (C=O) groups excluding carboxylic acids is 3. The van der Waals surface area contributed by atoms with Crippen molar-refractivity contribution >= 4 is 24.9 Å². The number of carbonyl (C=O) groups is 3. The third-order valence-electron chi connectivity index (χ3n) is 4.98. The predicted octanol–water partition coefficient (Wildman–Crippen LogP) is 6.34. The molecule has 0 spiro atoms. The van der Waals surface area contributed by atoms with Crippen molar-refractivity contribution < 1.29 is 19.1 Å². The Morgan fingerprint density at radius 3 is 1.32 bits per heavy atom. The van der Waals surface area contributed by atoms with Crippen molar-refractivity contribution in [1.29, 1.82) is 0 Å². The summed E-state index contributed by atoms with van der Waals surface area (Å²) in [4.78, 5) is 40.1. The van der Waals surface area contributed by atoms with Crippen LogP contribution in [-0.2, 0) is 9.53 Å². The van der Waals surface area contributed by atoms with Crippen molar-refractivity contribution in [1.82, 2.24) is 0 Å². The van der Waals surface area contributed by atoms with E-state index in [4.69, 9.17) is 4.74 Å². The summed E-state index contributed by atoms with van der Waals surface area (Å²) >= 11 is 0. The Morgan fingerprint density at radius 1 is 0.710 bits per heavy atom. The molecule has 0 heterocycles. The van der Waals surface area contributed by atoms with Crippen molar-refractivity contribution in [2.24, 2.45) is 0 Å². The molecule has 0 atom stereocenters. The van der Waals surface area contributed by atoms with E-state index in [1.165, 1.54) is 0 Å². The van der Waals surface area contributed by atoms with Crippen molar-refractivity contribution in [3.63, 3.8) is 0 Å². The Bertz CT molecular complexity index is 928. The monoisotopic (exact) mass is 440 g/mol. The van der Waals surface area contributed by atoms with Crippen LogP contribution in [0.4, 0.5) is 0 Å². The van der Waals surface area contributed by atoms with Gasteiger partial charge in [-0.05, 0) is 84.6 Å². The number of benzene rings is 2. The van der Waals surface area contributed by atoms with Gasteiger partial charge in [-0.25, -0.2) is 0 Å². The fourth-order valence-electron chi connectivity index (χ4n) is 4.04. The lowest BCUT2D eigenvalue weighted by Crippen LogP contribution is -2.27. The van der Waals surface area contributed by atoms with Crippen molar-refractivity contribution in [3.8, 4) is 0 Å². The van der Waals surface area contributed by atoms with Gasteiger partial charge in [0, 0.05) is 11.1 Å². The van der Waals surface area contributed by atoms with Crippen LogP contribution in [0.1, 0.15) is 74.9 Å². The second-order valence-electron chi connectivity index (χ2n) is 9.33. The van der Waals surface area contributed by atoms with Crippen molar-refractivity contribution in [2.45, 2.75) is 67.9 Å². The van der Waals surface area contributed by atoms with Gasteiger partial charge in [0.15, 0.2) is 11.0 Å². The molecule has 2 rings (SSSR count). The van der Waals surface area contributed by atoms with Gasteiger partial charge in [0.2, 0.25) is 0 Å². The lowest BCUT2D eigenvalue weighted by molar-refractivity contribution is -0.151. The molecule has 0 aliphatic rings. The molecule has 0 aliphatic heterocycles. The van der Waals surface area contributed by atoms with Crippen molar-refractivity contribution in [3.05, 3.63) is 68.8 Å². The van der Waals surface area contributed by atoms with E-state index in [2.05, 4.69) is 0 Å². The van der Waals surface area contributed by atoms with Gasteiger partial charge in [-0.15, -0.1) is 0 Å². The van der Waals surface area contributed by atoms with Crippen LogP contribution in [0.15, 0.2) is 24.3 Å². The molecule has 2 aromatic carbocycles. The molecule has 31 heavy (non-hydrogen) atoms. The fourth-order valence-corrected chi connectivity index (χ4v) is 6.08. The minimum absolute atomic E-state index is 0.218. The standard InChI is InChI=1S/C26H33O4P/c1-15-10-17(3)22(18(4)11-15)24(28)31(14-21(27)30-26(7,8)9)25(29)23-19(5)12-16(2)13-20(23)6/h10-13H,14H2,1-9H3. The number of aryl methyl sites for hydroxylation is 6. The third-order valence-corrected chi connectivity index (χ3v) is 6.98. The zero-order valence-electron chi connectivity index (χ0n) is 20.1. The number of ether oxygens (including phenoxy) is 1. The molecule has 0 unspecified atom stereocenters. The molecule has 0 saturated carbocycles. The van der Waals surface area contributed by atoms with Crippen LogP contribution in [-0.4, -0.2) is 28.8 Å². The highest BCUT2D eigenvalue weighted by molar-refractivity contribution is 7.90. The first kappa shape index (κ1) is 24.9. The van der Waals surface area contributed by atoms with Crippen LogP contribution in [0.3, 0.4) is 0 Å². The fraction of sp³-hybridized carbons (Fsp3) is 0.423. The van der Waals surface area contributed by atoms with E-state index in [0.717, 1.165) is 33.4 Å². The molecular formula is C26H33O4P. The Balaban J connectivity index is 2.58. The number of hydrogen-bond donors (Lipinski definition) is 0.